The van der Waals surface area contributed by atoms with Gasteiger partial charge in [-0.25, -0.2) is 0 Å². The molecule has 0 bridgehead atoms. The summed E-state index contributed by atoms with van der Waals surface area (Å²) in [6.07, 6.45) is 3.35. The molecular formula is C19H20ClNO. The molecule has 3 heteroatoms. The zero-order chi connectivity index (χ0) is 15.4. The molecule has 1 aliphatic heterocycles. The van der Waals surface area contributed by atoms with E-state index < -0.39 is 0 Å². The summed E-state index contributed by atoms with van der Waals surface area (Å²) < 4.78 is 0. The topological polar surface area (TPSA) is 20.3 Å². The van der Waals surface area contributed by atoms with Gasteiger partial charge in [0.15, 0.2) is 0 Å². The summed E-state index contributed by atoms with van der Waals surface area (Å²) in [6, 6.07) is 17.8. The van der Waals surface area contributed by atoms with Crippen molar-refractivity contribution in [2.45, 2.75) is 25.2 Å². The van der Waals surface area contributed by atoms with Crippen molar-refractivity contribution < 1.29 is 4.79 Å². The van der Waals surface area contributed by atoms with Crippen molar-refractivity contribution in [2.75, 3.05) is 13.1 Å². The van der Waals surface area contributed by atoms with E-state index in [1.807, 2.05) is 29.2 Å². The van der Waals surface area contributed by atoms with E-state index in [2.05, 4.69) is 24.3 Å². The van der Waals surface area contributed by atoms with Crippen LogP contribution < -0.4 is 0 Å². The van der Waals surface area contributed by atoms with Crippen molar-refractivity contribution in [2.24, 2.45) is 0 Å². The van der Waals surface area contributed by atoms with Crippen LogP contribution in [0.1, 0.15) is 41.1 Å². The standard InChI is InChI=1S/C19H20ClNO/c20-18-12-5-4-11-17(18)19(22)21-13-7-6-10-16(14-21)15-8-2-1-3-9-15/h1-5,8-9,11-12,16H,6-7,10,13-14H2. The Morgan fingerprint density at radius 2 is 1.73 bits per heavy atom. The van der Waals surface area contributed by atoms with E-state index in [-0.39, 0.29) is 5.91 Å². The van der Waals surface area contributed by atoms with Gasteiger partial charge in [0, 0.05) is 19.0 Å². The minimum absolute atomic E-state index is 0.0495. The molecule has 0 N–H and O–H groups in total. The summed E-state index contributed by atoms with van der Waals surface area (Å²) in [6.45, 7) is 1.58. The van der Waals surface area contributed by atoms with E-state index in [1.165, 1.54) is 5.56 Å². The van der Waals surface area contributed by atoms with Crippen molar-refractivity contribution in [3.63, 3.8) is 0 Å². The van der Waals surface area contributed by atoms with E-state index in [9.17, 15) is 4.79 Å². The van der Waals surface area contributed by atoms with Crippen LogP contribution in [0.15, 0.2) is 54.6 Å². The minimum atomic E-state index is 0.0495. The molecule has 0 radical (unpaired) electrons. The second-order valence-corrected chi connectivity index (χ2v) is 6.24. The Hall–Kier alpha value is -1.80. The van der Waals surface area contributed by atoms with Gasteiger partial charge in [0.25, 0.3) is 5.91 Å². The average molecular weight is 314 g/mol. The zero-order valence-corrected chi connectivity index (χ0v) is 13.3. The molecule has 1 heterocycles. The molecule has 2 aromatic rings. The fourth-order valence-corrected chi connectivity index (χ4v) is 3.35. The molecule has 3 rings (SSSR count). The lowest BCUT2D eigenvalue weighted by Gasteiger charge is -2.25. The van der Waals surface area contributed by atoms with Gasteiger partial charge in [-0.1, -0.05) is 60.5 Å². The third-order valence-electron chi connectivity index (χ3n) is 4.33. The van der Waals surface area contributed by atoms with Crippen LogP contribution in [0.3, 0.4) is 0 Å². The number of amides is 1. The molecular weight excluding hydrogens is 294 g/mol. The molecule has 1 saturated heterocycles. The van der Waals surface area contributed by atoms with Crippen molar-refractivity contribution >= 4 is 17.5 Å². The molecule has 1 amide bonds. The van der Waals surface area contributed by atoms with Crippen LogP contribution in [0.2, 0.25) is 5.02 Å². The minimum Gasteiger partial charge on any atom is -0.338 e. The first-order chi connectivity index (χ1) is 10.8. The Kier molecular flexibility index (Phi) is 4.79. The number of rotatable bonds is 2. The van der Waals surface area contributed by atoms with Crippen molar-refractivity contribution in [1.82, 2.24) is 4.90 Å². The van der Waals surface area contributed by atoms with Gasteiger partial charge in [0.2, 0.25) is 0 Å². The van der Waals surface area contributed by atoms with Crippen LogP contribution >= 0.6 is 11.6 Å². The van der Waals surface area contributed by atoms with Gasteiger partial charge < -0.3 is 4.90 Å². The molecule has 2 nitrogen and oxygen atoms in total. The highest BCUT2D eigenvalue weighted by atomic mass is 35.5. The van der Waals surface area contributed by atoms with Gasteiger partial charge in [-0.3, -0.25) is 4.79 Å². The Morgan fingerprint density at radius 1 is 1.00 bits per heavy atom. The maximum atomic E-state index is 12.8. The highest BCUT2D eigenvalue weighted by Gasteiger charge is 2.24. The fourth-order valence-electron chi connectivity index (χ4n) is 3.13. The Labute approximate surface area is 136 Å². The van der Waals surface area contributed by atoms with Crippen LogP contribution in [0.25, 0.3) is 0 Å². The van der Waals surface area contributed by atoms with Crippen molar-refractivity contribution in [3.05, 3.63) is 70.7 Å². The first-order valence-corrected chi connectivity index (χ1v) is 8.22. The first-order valence-electron chi connectivity index (χ1n) is 7.84. The number of nitrogens with zero attached hydrogens (tertiary/aromatic N) is 1. The Bertz CT molecular complexity index is 641. The van der Waals surface area contributed by atoms with Crippen LogP contribution in [-0.2, 0) is 0 Å². The molecule has 1 atom stereocenters. The van der Waals surface area contributed by atoms with E-state index in [0.717, 1.165) is 32.4 Å². The highest BCUT2D eigenvalue weighted by Crippen LogP contribution is 2.28. The monoisotopic (exact) mass is 313 g/mol. The smallest absolute Gasteiger partial charge is 0.255 e. The van der Waals surface area contributed by atoms with Crippen molar-refractivity contribution in [3.8, 4) is 0 Å². The van der Waals surface area contributed by atoms with E-state index in [1.54, 1.807) is 6.07 Å². The van der Waals surface area contributed by atoms with Crippen LogP contribution in [0.5, 0.6) is 0 Å². The molecule has 1 fully saturated rings. The fraction of sp³-hybridized carbons (Fsp3) is 0.316. The van der Waals surface area contributed by atoms with Crippen molar-refractivity contribution in [1.29, 1.82) is 0 Å². The van der Waals surface area contributed by atoms with Gasteiger partial charge in [0.05, 0.1) is 10.6 Å². The quantitative estimate of drug-likeness (QED) is 0.783. The summed E-state index contributed by atoms with van der Waals surface area (Å²) in [5.74, 6) is 0.462. The summed E-state index contributed by atoms with van der Waals surface area (Å²) in [4.78, 5) is 14.8. The second-order valence-electron chi connectivity index (χ2n) is 5.83. The molecule has 0 saturated carbocycles. The molecule has 2 aromatic carbocycles. The number of hydrogen-bond donors (Lipinski definition) is 0. The molecule has 0 aliphatic carbocycles. The summed E-state index contributed by atoms with van der Waals surface area (Å²) in [7, 11) is 0. The Morgan fingerprint density at radius 3 is 2.50 bits per heavy atom. The number of likely N-dealkylation sites (tertiary alicyclic amines) is 1. The third kappa shape index (κ3) is 3.33. The lowest BCUT2D eigenvalue weighted by molar-refractivity contribution is 0.0754. The maximum Gasteiger partial charge on any atom is 0.255 e. The van der Waals surface area contributed by atoms with Crippen LogP contribution in [-0.4, -0.2) is 23.9 Å². The summed E-state index contributed by atoms with van der Waals surface area (Å²) in [5.41, 5.74) is 1.93. The lowest BCUT2D eigenvalue weighted by Crippen LogP contribution is -2.34. The van der Waals surface area contributed by atoms with Gasteiger partial charge in [0.1, 0.15) is 0 Å². The number of carbonyl (C=O) groups excluding carboxylic acids is 1. The largest absolute Gasteiger partial charge is 0.338 e. The average Bonchev–Trinajstić information content (AvgIpc) is 2.82. The molecule has 1 aliphatic rings. The first kappa shape index (κ1) is 15.1. The summed E-state index contributed by atoms with van der Waals surface area (Å²) in [5, 5.41) is 0.535. The van der Waals surface area contributed by atoms with E-state index in [4.69, 9.17) is 11.6 Å². The Balaban J connectivity index is 1.81. The molecule has 1 unspecified atom stereocenters. The molecule has 0 spiro atoms. The van der Waals surface area contributed by atoms with Crippen LogP contribution in [0, 0.1) is 0 Å². The van der Waals surface area contributed by atoms with Crippen LogP contribution in [0.4, 0.5) is 0 Å². The normalized spacial score (nSPS) is 18.8. The number of hydrogen-bond acceptors (Lipinski definition) is 1. The number of carbonyl (C=O) groups is 1. The maximum absolute atomic E-state index is 12.8. The van der Waals surface area contributed by atoms with E-state index >= 15 is 0 Å². The second kappa shape index (κ2) is 6.97. The predicted molar refractivity (Wildman–Crippen MR) is 90.4 cm³/mol. The SMILES string of the molecule is O=C(c1ccccc1Cl)N1CCCCC(c2ccccc2)C1. The third-order valence-corrected chi connectivity index (χ3v) is 4.66. The molecule has 0 aromatic heterocycles. The lowest BCUT2D eigenvalue weighted by atomic mass is 9.94. The number of halogens is 1. The van der Waals surface area contributed by atoms with E-state index in [0.29, 0.717) is 16.5 Å². The van der Waals surface area contributed by atoms with Gasteiger partial charge in [-0.15, -0.1) is 0 Å². The molecule has 22 heavy (non-hydrogen) atoms. The number of benzene rings is 2. The molecule has 114 valence electrons. The van der Waals surface area contributed by atoms with Gasteiger partial charge >= 0.3 is 0 Å². The summed E-state index contributed by atoms with van der Waals surface area (Å²) >= 11 is 6.19. The van der Waals surface area contributed by atoms with Gasteiger partial charge in [-0.05, 0) is 30.5 Å². The van der Waals surface area contributed by atoms with Gasteiger partial charge in [-0.2, -0.15) is 0 Å². The zero-order valence-electron chi connectivity index (χ0n) is 12.5. The predicted octanol–water partition coefficient (Wildman–Crippen LogP) is 4.75. The highest BCUT2D eigenvalue weighted by molar-refractivity contribution is 6.33.